The summed E-state index contributed by atoms with van der Waals surface area (Å²) in [4.78, 5) is 11.6. The van der Waals surface area contributed by atoms with Crippen molar-refractivity contribution in [2.75, 3.05) is 0 Å². The van der Waals surface area contributed by atoms with Gasteiger partial charge in [0.05, 0.1) is 11.6 Å². The predicted octanol–water partition coefficient (Wildman–Crippen LogP) is 3.32. The zero-order chi connectivity index (χ0) is 11.7. The Bertz CT molecular complexity index is 530. The van der Waals surface area contributed by atoms with E-state index in [1.165, 1.54) is 12.1 Å². The number of halogens is 1. The predicted molar refractivity (Wildman–Crippen MR) is 61.9 cm³/mol. The van der Waals surface area contributed by atoms with E-state index in [-0.39, 0.29) is 17.6 Å². The Morgan fingerprint density at radius 3 is 2.88 bits per heavy atom. The molecule has 0 aliphatic rings. The molecule has 2 nitrogen and oxygen atoms in total. The molecule has 1 atom stereocenters. The summed E-state index contributed by atoms with van der Waals surface area (Å²) in [5.41, 5.74) is 0.773. The van der Waals surface area contributed by atoms with Gasteiger partial charge in [-0.25, -0.2) is 4.39 Å². The summed E-state index contributed by atoms with van der Waals surface area (Å²) in [6.45, 7) is 3.68. The first kappa shape index (κ1) is 10.9. The highest BCUT2D eigenvalue weighted by molar-refractivity contribution is 5.86. The maximum absolute atomic E-state index is 13.1. The number of carbonyl (C=O) groups excluding carboxylic acids is 1. The topological polar surface area (TPSA) is 22.0 Å². The molecule has 1 unspecified atom stereocenters. The van der Waals surface area contributed by atoms with Crippen LogP contribution in [0, 0.1) is 5.82 Å². The van der Waals surface area contributed by atoms with Crippen molar-refractivity contribution in [3.05, 3.63) is 36.3 Å². The Labute approximate surface area is 93.7 Å². The minimum atomic E-state index is -0.274. The largest absolute Gasteiger partial charge is 0.337 e. The van der Waals surface area contributed by atoms with E-state index in [0.717, 1.165) is 10.9 Å². The third-order valence-corrected chi connectivity index (χ3v) is 2.92. The molecule has 0 spiro atoms. The number of rotatable bonds is 3. The molecule has 1 aromatic heterocycles. The molecular formula is C13H14FNO. The number of nitrogens with zero attached hydrogens (tertiary/aromatic N) is 1. The van der Waals surface area contributed by atoms with Gasteiger partial charge in [-0.05, 0) is 36.6 Å². The standard InChI is InChI=1S/C13H14FNO/c1-3-13(16)9(2)15-7-6-10-4-5-11(14)8-12(10)15/h4-9H,3H2,1-2H3. The Balaban J connectivity index is 2.52. The minimum absolute atomic E-state index is 0.154. The van der Waals surface area contributed by atoms with Gasteiger partial charge in [0.25, 0.3) is 0 Å². The van der Waals surface area contributed by atoms with Crippen LogP contribution in [0.4, 0.5) is 4.39 Å². The summed E-state index contributed by atoms with van der Waals surface area (Å²) in [5.74, 6) is -0.120. The van der Waals surface area contributed by atoms with Crippen LogP contribution < -0.4 is 0 Å². The molecule has 84 valence electrons. The SMILES string of the molecule is CCC(=O)C(C)n1ccc2ccc(F)cc21. The van der Waals surface area contributed by atoms with Gasteiger partial charge in [0.2, 0.25) is 0 Å². The van der Waals surface area contributed by atoms with Crippen molar-refractivity contribution in [2.45, 2.75) is 26.3 Å². The molecule has 0 amide bonds. The molecular weight excluding hydrogens is 205 g/mol. The van der Waals surface area contributed by atoms with Crippen molar-refractivity contribution in [3.63, 3.8) is 0 Å². The summed E-state index contributed by atoms with van der Waals surface area (Å²) in [6.07, 6.45) is 2.33. The molecule has 0 radical (unpaired) electrons. The number of ketones is 1. The second-order valence-corrected chi connectivity index (χ2v) is 3.92. The van der Waals surface area contributed by atoms with E-state index in [1.807, 2.05) is 30.7 Å². The number of hydrogen-bond acceptors (Lipinski definition) is 1. The van der Waals surface area contributed by atoms with Crippen molar-refractivity contribution in [1.29, 1.82) is 0 Å². The van der Waals surface area contributed by atoms with Crippen LogP contribution in [0.2, 0.25) is 0 Å². The molecule has 0 bridgehead atoms. The summed E-state index contributed by atoms with van der Waals surface area (Å²) in [5, 5.41) is 0.956. The van der Waals surface area contributed by atoms with E-state index in [0.29, 0.717) is 6.42 Å². The van der Waals surface area contributed by atoms with Crippen molar-refractivity contribution in [3.8, 4) is 0 Å². The van der Waals surface area contributed by atoms with Crippen molar-refractivity contribution >= 4 is 16.7 Å². The first-order chi connectivity index (χ1) is 7.63. The summed E-state index contributed by atoms with van der Waals surface area (Å²) >= 11 is 0. The third-order valence-electron chi connectivity index (χ3n) is 2.92. The molecule has 16 heavy (non-hydrogen) atoms. The zero-order valence-electron chi connectivity index (χ0n) is 9.40. The van der Waals surface area contributed by atoms with Crippen LogP contribution in [-0.2, 0) is 4.79 Å². The molecule has 1 heterocycles. The highest BCUT2D eigenvalue weighted by Gasteiger charge is 2.14. The molecule has 0 aliphatic carbocycles. The molecule has 0 saturated carbocycles. The normalized spacial score (nSPS) is 12.9. The number of benzene rings is 1. The Morgan fingerprint density at radius 2 is 2.19 bits per heavy atom. The van der Waals surface area contributed by atoms with E-state index in [9.17, 15) is 9.18 Å². The average Bonchev–Trinajstić information content (AvgIpc) is 2.69. The van der Waals surface area contributed by atoms with E-state index in [1.54, 1.807) is 6.07 Å². The number of fused-ring (bicyclic) bond motifs is 1. The highest BCUT2D eigenvalue weighted by atomic mass is 19.1. The van der Waals surface area contributed by atoms with E-state index >= 15 is 0 Å². The number of carbonyl (C=O) groups is 1. The monoisotopic (exact) mass is 219 g/mol. The zero-order valence-corrected chi connectivity index (χ0v) is 9.40. The van der Waals surface area contributed by atoms with Crippen LogP contribution in [-0.4, -0.2) is 10.4 Å². The maximum Gasteiger partial charge on any atom is 0.155 e. The van der Waals surface area contributed by atoms with Crippen LogP contribution in [0.3, 0.4) is 0 Å². The van der Waals surface area contributed by atoms with Gasteiger partial charge in [0.1, 0.15) is 5.82 Å². The fourth-order valence-electron chi connectivity index (χ4n) is 1.91. The number of Topliss-reactive ketones (excluding diaryl/α,β-unsaturated/α-hetero) is 1. The maximum atomic E-state index is 13.1. The first-order valence-corrected chi connectivity index (χ1v) is 5.42. The quantitative estimate of drug-likeness (QED) is 0.776. The number of aromatic nitrogens is 1. The molecule has 2 rings (SSSR count). The average molecular weight is 219 g/mol. The van der Waals surface area contributed by atoms with Crippen LogP contribution in [0.15, 0.2) is 30.5 Å². The van der Waals surface area contributed by atoms with Crippen molar-refractivity contribution in [2.24, 2.45) is 0 Å². The van der Waals surface area contributed by atoms with Crippen LogP contribution in [0.5, 0.6) is 0 Å². The molecule has 3 heteroatoms. The fraction of sp³-hybridized carbons (Fsp3) is 0.308. The lowest BCUT2D eigenvalue weighted by Crippen LogP contribution is -2.14. The third kappa shape index (κ3) is 1.73. The van der Waals surface area contributed by atoms with Crippen molar-refractivity contribution < 1.29 is 9.18 Å². The summed E-state index contributed by atoms with van der Waals surface area (Å²) in [6, 6.07) is 6.29. The molecule has 2 aromatic rings. The second-order valence-electron chi connectivity index (χ2n) is 3.92. The highest BCUT2D eigenvalue weighted by Crippen LogP contribution is 2.22. The van der Waals surface area contributed by atoms with E-state index < -0.39 is 0 Å². The molecule has 0 aliphatic heterocycles. The summed E-state index contributed by atoms with van der Waals surface area (Å²) in [7, 11) is 0. The molecule has 0 N–H and O–H groups in total. The van der Waals surface area contributed by atoms with Gasteiger partial charge in [-0.2, -0.15) is 0 Å². The second kappa shape index (κ2) is 4.08. The number of hydrogen-bond donors (Lipinski definition) is 0. The lowest BCUT2D eigenvalue weighted by atomic mass is 10.1. The van der Waals surface area contributed by atoms with Gasteiger partial charge in [0.15, 0.2) is 5.78 Å². The van der Waals surface area contributed by atoms with Gasteiger partial charge in [0, 0.05) is 12.6 Å². The van der Waals surface area contributed by atoms with E-state index in [2.05, 4.69) is 0 Å². The van der Waals surface area contributed by atoms with Crippen LogP contribution >= 0.6 is 0 Å². The van der Waals surface area contributed by atoms with E-state index in [4.69, 9.17) is 0 Å². The molecule has 0 fully saturated rings. The Kier molecular flexibility index (Phi) is 2.77. The Morgan fingerprint density at radius 1 is 1.44 bits per heavy atom. The summed E-state index contributed by atoms with van der Waals surface area (Å²) < 4.78 is 15.0. The minimum Gasteiger partial charge on any atom is -0.337 e. The Hall–Kier alpha value is -1.64. The molecule has 1 aromatic carbocycles. The van der Waals surface area contributed by atoms with Gasteiger partial charge < -0.3 is 4.57 Å². The van der Waals surface area contributed by atoms with Crippen LogP contribution in [0.25, 0.3) is 10.9 Å². The van der Waals surface area contributed by atoms with Gasteiger partial charge in [-0.1, -0.05) is 6.92 Å². The molecule has 0 saturated heterocycles. The van der Waals surface area contributed by atoms with Gasteiger partial charge in [-0.15, -0.1) is 0 Å². The fourth-order valence-corrected chi connectivity index (χ4v) is 1.91. The first-order valence-electron chi connectivity index (χ1n) is 5.42. The smallest absolute Gasteiger partial charge is 0.155 e. The lowest BCUT2D eigenvalue weighted by molar-refractivity contribution is -0.121. The van der Waals surface area contributed by atoms with Gasteiger partial charge in [-0.3, -0.25) is 4.79 Å². The van der Waals surface area contributed by atoms with Crippen molar-refractivity contribution in [1.82, 2.24) is 4.57 Å². The lowest BCUT2D eigenvalue weighted by Gasteiger charge is -2.13. The van der Waals surface area contributed by atoms with Crippen LogP contribution in [0.1, 0.15) is 26.3 Å². The van der Waals surface area contributed by atoms with Gasteiger partial charge >= 0.3 is 0 Å².